The molecule has 1 aromatic rings. The molecule has 0 aromatic heterocycles. The fourth-order valence-corrected chi connectivity index (χ4v) is 4.86. The molecule has 0 saturated heterocycles. The van der Waals surface area contributed by atoms with Crippen LogP contribution in [0.25, 0.3) is 0 Å². The lowest BCUT2D eigenvalue weighted by molar-refractivity contribution is -0.122. The van der Waals surface area contributed by atoms with Crippen molar-refractivity contribution in [1.82, 2.24) is 0 Å². The third kappa shape index (κ3) is 5.09. The monoisotopic (exact) mass is 356 g/mol. The molecule has 2 atom stereocenters. The van der Waals surface area contributed by atoms with E-state index in [0.29, 0.717) is 12.3 Å². The average Bonchev–Trinajstić information content (AvgIpc) is 2.54. The maximum absolute atomic E-state index is 12.7. The van der Waals surface area contributed by atoms with Gasteiger partial charge in [-0.25, -0.2) is 0 Å². The number of fused-ring (bicyclic) bond motifs is 2. The number of amides is 2. The zero-order valence-electron chi connectivity index (χ0n) is 16.3. The summed E-state index contributed by atoms with van der Waals surface area (Å²) in [6.45, 7) is 6.40. The summed E-state index contributed by atoms with van der Waals surface area (Å²) in [6.07, 6.45) is 6.47. The van der Waals surface area contributed by atoms with Crippen LogP contribution in [0.4, 0.5) is 11.4 Å². The van der Waals surface area contributed by atoms with Gasteiger partial charge in [-0.2, -0.15) is 0 Å². The fraction of sp³-hybridized carbons (Fsp3) is 0.636. The highest BCUT2D eigenvalue weighted by Crippen LogP contribution is 2.45. The molecule has 2 amide bonds. The lowest BCUT2D eigenvalue weighted by atomic mass is 9.65. The highest BCUT2D eigenvalue weighted by molar-refractivity contribution is 5.94. The van der Waals surface area contributed by atoms with E-state index >= 15 is 0 Å². The van der Waals surface area contributed by atoms with Crippen molar-refractivity contribution in [2.45, 2.75) is 59.3 Å². The Balaban J connectivity index is 1.52. The SMILES string of the molecule is CC(C)CC(=O)Nc1ccc(NC(=O)C2CC3CC(C)CC(C3)C2)cc1. The molecule has 2 aliphatic carbocycles. The van der Waals surface area contributed by atoms with E-state index < -0.39 is 0 Å². The molecule has 0 aliphatic heterocycles. The van der Waals surface area contributed by atoms with Crippen LogP contribution < -0.4 is 10.6 Å². The second-order valence-corrected chi connectivity index (χ2v) is 8.93. The van der Waals surface area contributed by atoms with Gasteiger partial charge in [-0.3, -0.25) is 9.59 Å². The molecule has 2 aliphatic rings. The molecule has 0 heterocycles. The first-order valence-electron chi connectivity index (χ1n) is 10.1. The Labute approximate surface area is 157 Å². The maximum Gasteiger partial charge on any atom is 0.227 e. The molecule has 3 rings (SSSR count). The summed E-state index contributed by atoms with van der Waals surface area (Å²) in [5, 5.41) is 5.97. The van der Waals surface area contributed by atoms with Crippen molar-refractivity contribution < 1.29 is 9.59 Å². The van der Waals surface area contributed by atoms with Crippen molar-refractivity contribution in [3.05, 3.63) is 24.3 Å². The van der Waals surface area contributed by atoms with Crippen molar-refractivity contribution in [2.24, 2.45) is 29.6 Å². The molecular formula is C22H32N2O2. The van der Waals surface area contributed by atoms with Crippen molar-refractivity contribution in [1.29, 1.82) is 0 Å². The number of carbonyl (C=O) groups excluding carboxylic acids is 2. The fourth-order valence-electron chi connectivity index (χ4n) is 4.86. The van der Waals surface area contributed by atoms with E-state index in [2.05, 4.69) is 17.6 Å². The molecule has 0 spiro atoms. The number of nitrogens with one attached hydrogen (secondary N) is 2. The van der Waals surface area contributed by atoms with Crippen LogP contribution >= 0.6 is 0 Å². The standard InChI is InChI=1S/C22H32N2O2/c1-14(2)8-21(25)23-19-4-6-20(7-5-19)24-22(26)18-12-16-9-15(3)10-17(11-16)13-18/h4-7,14-18H,8-13H2,1-3H3,(H,23,25)(H,24,26). The quantitative estimate of drug-likeness (QED) is 0.773. The van der Waals surface area contributed by atoms with Gasteiger partial charge < -0.3 is 10.6 Å². The zero-order chi connectivity index (χ0) is 18.7. The topological polar surface area (TPSA) is 58.2 Å². The van der Waals surface area contributed by atoms with Gasteiger partial charge in [0.2, 0.25) is 11.8 Å². The van der Waals surface area contributed by atoms with Crippen LogP contribution in [0.15, 0.2) is 24.3 Å². The van der Waals surface area contributed by atoms with Gasteiger partial charge in [-0.15, -0.1) is 0 Å². The first kappa shape index (κ1) is 18.9. The molecule has 0 radical (unpaired) electrons. The third-order valence-electron chi connectivity index (χ3n) is 5.77. The lowest BCUT2D eigenvalue weighted by Gasteiger charge is -2.41. The molecular weight excluding hydrogens is 324 g/mol. The minimum Gasteiger partial charge on any atom is -0.326 e. The summed E-state index contributed by atoms with van der Waals surface area (Å²) in [4.78, 5) is 24.5. The number of hydrogen-bond acceptors (Lipinski definition) is 2. The van der Waals surface area contributed by atoms with E-state index in [-0.39, 0.29) is 17.7 Å². The Kier molecular flexibility index (Phi) is 6.00. The summed E-state index contributed by atoms with van der Waals surface area (Å²) < 4.78 is 0. The van der Waals surface area contributed by atoms with Crippen LogP contribution in [0.5, 0.6) is 0 Å². The van der Waals surface area contributed by atoms with E-state index in [4.69, 9.17) is 0 Å². The molecule has 1 aromatic carbocycles. The molecule has 2 N–H and O–H groups in total. The van der Waals surface area contributed by atoms with Gasteiger partial charge in [-0.05, 0) is 80.0 Å². The van der Waals surface area contributed by atoms with Crippen LogP contribution in [-0.4, -0.2) is 11.8 Å². The predicted molar refractivity (Wildman–Crippen MR) is 106 cm³/mol. The highest BCUT2D eigenvalue weighted by Gasteiger charge is 2.37. The number of benzene rings is 1. The van der Waals surface area contributed by atoms with Crippen LogP contribution in [-0.2, 0) is 9.59 Å². The van der Waals surface area contributed by atoms with E-state index in [9.17, 15) is 9.59 Å². The van der Waals surface area contributed by atoms with Crippen molar-refractivity contribution in [3.63, 3.8) is 0 Å². The van der Waals surface area contributed by atoms with Gasteiger partial charge in [0.25, 0.3) is 0 Å². The Morgan fingerprint density at radius 3 is 2.00 bits per heavy atom. The molecule has 2 fully saturated rings. The van der Waals surface area contributed by atoms with Gasteiger partial charge >= 0.3 is 0 Å². The van der Waals surface area contributed by atoms with Crippen LogP contribution in [0.3, 0.4) is 0 Å². The van der Waals surface area contributed by atoms with Crippen LogP contribution in [0, 0.1) is 29.6 Å². The van der Waals surface area contributed by atoms with Gasteiger partial charge in [0.05, 0.1) is 0 Å². The lowest BCUT2D eigenvalue weighted by Crippen LogP contribution is -2.35. The van der Waals surface area contributed by atoms with Gasteiger partial charge in [0, 0.05) is 23.7 Å². The molecule has 2 saturated carbocycles. The second-order valence-electron chi connectivity index (χ2n) is 8.93. The number of carbonyl (C=O) groups is 2. The first-order chi connectivity index (χ1) is 12.4. The maximum atomic E-state index is 12.7. The van der Waals surface area contributed by atoms with Crippen LogP contribution in [0.2, 0.25) is 0 Å². The Morgan fingerprint density at radius 2 is 1.46 bits per heavy atom. The normalized spacial score (nSPS) is 27.8. The zero-order valence-corrected chi connectivity index (χ0v) is 16.3. The van der Waals surface area contributed by atoms with Crippen LogP contribution in [0.1, 0.15) is 59.3 Å². The third-order valence-corrected chi connectivity index (χ3v) is 5.77. The van der Waals surface area contributed by atoms with Crippen molar-refractivity contribution >= 4 is 23.2 Å². The van der Waals surface area contributed by atoms with E-state index in [0.717, 1.165) is 42.0 Å². The van der Waals surface area contributed by atoms with E-state index in [1.54, 1.807) is 0 Å². The number of hydrogen-bond donors (Lipinski definition) is 2. The van der Waals surface area contributed by atoms with Gasteiger partial charge in [0.1, 0.15) is 0 Å². The summed E-state index contributed by atoms with van der Waals surface area (Å²) in [6, 6.07) is 7.44. The van der Waals surface area contributed by atoms with E-state index in [1.165, 1.54) is 19.3 Å². The summed E-state index contributed by atoms with van der Waals surface area (Å²) in [7, 11) is 0. The molecule has 4 heteroatoms. The Bertz CT molecular complexity index is 620. The summed E-state index contributed by atoms with van der Waals surface area (Å²) in [5.41, 5.74) is 1.58. The number of anilines is 2. The molecule has 2 unspecified atom stereocenters. The molecule has 26 heavy (non-hydrogen) atoms. The first-order valence-corrected chi connectivity index (χ1v) is 10.1. The Hall–Kier alpha value is -1.84. The van der Waals surface area contributed by atoms with Gasteiger partial charge in [-0.1, -0.05) is 20.8 Å². The Morgan fingerprint density at radius 1 is 0.923 bits per heavy atom. The smallest absolute Gasteiger partial charge is 0.227 e. The summed E-state index contributed by atoms with van der Waals surface area (Å²) >= 11 is 0. The molecule has 142 valence electrons. The van der Waals surface area contributed by atoms with Gasteiger partial charge in [0.15, 0.2) is 0 Å². The summed E-state index contributed by atoms with van der Waals surface area (Å²) in [5.74, 6) is 2.95. The molecule has 4 nitrogen and oxygen atoms in total. The van der Waals surface area contributed by atoms with Crippen molar-refractivity contribution in [3.8, 4) is 0 Å². The van der Waals surface area contributed by atoms with E-state index in [1.807, 2.05) is 38.1 Å². The highest BCUT2D eigenvalue weighted by atomic mass is 16.2. The minimum atomic E-state index is 0.0276. The molecule has 2 bridgehead atoms. The average molecular weight is 357 g/mol. The minimum absolute atomic E-state index is 0.0276. The predicted octanol–water partition coefficient (Wildman–Crippen LogP) is 5.07. The second kappa shape index (κ2) is 8.24. The largest absolute Gasteiger partial charge is 0.326 e. The van der Waals surface area contributed by atoms with Crippen molar-refractivity contribution in [2.75, 3.05) is 10.6 Å². The number of rotatable bonds is 5.